The van der Waals surface area contributed by atoms with Crippen LogP contribution < -0.4 is 14.2 Å². The highest BCUT2D eigenvalue weighted by Crippen LogP contribution is 2.36. The highest BCUT2D eigenvalue weighted by atomic mass is 19.3. The number of hydrogen-bond acceptors (Lipinski definition) is 4. The number of ether oxygens (including phenoxy) is 3. The van der Waals surface area contributed by atoms with Crippen molar-refractivity contribution in [3.8, 4) is 17.2 Å². The zero-order valence-corrected chi connectivity index (χ0v) is 16.4. The van der Waals surface area contributed by atoms with E-state index < -0.39 is 6.61 Å². The van der Waals surface area contributed by atoms with E-state index in [9.17, 15) is 13.6 Å². The van der Waals surface area contributed by atoms with Crippen molar-refractivity contribution in [2.24, 2.45) is 0 Å². The maximum Gasteiger partial charge on any atom is 0.387 e. The van der Waals surface area contributed by atoms with Crippen molar-refractivity contribution in [3.63, 3.8) is 0 Å². The average Bonchev–Trinajstić information content (AvgIpc) is 3.08. The van der Waals surface area contributed by atoms with Gasteiger partial charge in [0.05, 0.1) is 5.56 Å². The lowest BCUT2D eigenvalue weighted by molar-refractivity contribution is -0.0499. The number of carbonyl (C=O) groups is 1. The molecule has 3 aromatic rings. The summed E-state index contributed by atoms with van der Waals surface area (Å²) in [5, 5.41) is 0. The second kappa shape index (κ2) is 8.83. The number of Topliss-reactive ketones (excluding diaryl/α,β-unsaturated/α-hetero) is 1. The van der Waals surface area contributed by atoms with Crippen molar-refractivity contribution in [2.45, 2.75) is 13.2 Å². The Kier molecular flexibility index (Phi) is 5.80. The maximum atomic E-state index is 12.7. The van der Waals surface area contributed by atoms with E-state index in [4.69, 9.17) is 9.47 Å². The monoisotopic (exact) mass is 420 g/mol. The van der Waals surface area contributed by atoms with Crippen molar-refractivity contribution in [1.29, 1.82) is 0 Å². The molecule has 3 aromatic carbocycles. The molecule has 0 saturated heterocycles. The summed E-state index contributed by atoms with van der Waals surface area (Å²) in [4.78, 5) is 12.7. The summed E-state index contributed by atoms with van der Waals surface area (Å²) in [5.74, 6) is 0.541. The zero-order valence-electron chi connectivity index (χ0n) is 16.4. The van der Waals surface area contributed by atoms with Gasteiger partial charge < -0.3 is 14.2 Å². The van der Waals surface area contributed by atoms with Gasteiger partial charge in [-0.2, -0.15) is 8.78 Å². The number of alkyl halides is 2. The average molecular weight is 420 g/mol. The van der Waals surface area contributed by atoms with Gasteiger partial charge in [-0.15, -0.1) is 0 Å². The molecule has 0 saturated carbocycles. The lowest BCUT2D eigenvalue weighted by Gasteiger charge is -2.08. The third kappa shape index (κ3) is 4.64. The summed E-state index contributed by atoms with van der Waals surface area (Å²) < 4.78 is 41.2. The Morgan fingerprint density at radius 3 is 2.55 bits per heavy atom. The number of hydrogen-bond donors (Lipinski definition) is 0. The van der Waals surface area contributed by atoms with Gasteiger partial charge in [-0.25, -0.2) is 0 Å². The van der Waals surface area contributed by atoms with Crippen molar-refractivity contribution in [2.75, 3.05) is 0 Å². The molecule has 1 aliphatic heterocycles. The first-order chi connectivity index (χ1) is 15.0. The SMILES string of the molecule is C=Cc1ccc(COc2ccc3c(c2)O/C(=C\c2ccccc2OC(F)F)C3=O)cc1. The Morgan fingerprint density at radius 1 is 1.03 bits per heavy atom. The van der Waals surface area contributed by atoms with E-state index in [0.717, 1.165) is 11.1 Å². The lowest BCUT2D eigenvalue weighted by atomic mass is 10.1. The molecule has 0 radical (unpaired) electrons. The maximum absolute atomic E-state index is 12.7. The molecular formula is C25H18F2O4. The van der Waals surface area contributed by atoms with Crippen molar-refractivity contribution in [3.05, 3.63) is 101 Å². The Labute approximate surface area is 178 Å². The Morgan fingerprint density at radius 2 is 1.81 bits per heavy atom. The van der Waals surface area contributed by atoms with Crippen LogP contribution in [-0.4, -0.2) is 12.4 Å². The van der Waals surface area contributed by atoms with Crippen molar-refractivity contribution < 1.29 is 27.8 Å². The van der Waals surface area contributed by atoms with E-state index in [2.05, 4.69) is 11.3 Å². The highest BCUT2D eigenvalue weighted by Gasteiger charge is 2.28. The first kappa shape index (κ1) is 20.3. The van der Waals surface area contributed by atoms with Gasteiger partial charge in [-0.3, -0.25) is 4.79 Å². The van der Waals surface area contributed by atoms with Gasteiger partial charge in [0.25, 0.3) is 0 Å². The number of para-hydroxylation sites is 1. The van der Waals surface area contributed by atoms with Crippen LogP contribution in [0.25, 0.3) is 12.2 Å². The fourth-order valence-corrected chi connectivity index (χ4v) is 3.12. The van der Waals surface area contributed by atoms with E-state index in [1.165, 1.54) is 12.1 Å². The Bertz CT molecular complexity index is 1150. The third-order valence-corrected chi connectivity index (χ3v) is 4.68. The van der Waals surface area contributed by atoms with Crippen LogP contribution in [-0.2, 0) is 6.61 Å². The third-order valence-electron chi connectivity index (χ3n) is 4.68. The second-order valence-electron chi connectivity index (χ2n) is 6.75. The number of ketones is 1. The summed E-state index contributed by atoms with van der Waals surface area (Å²) in [6.07, 6.45) is 3.16. The topological polar surface area (TPSA) is 44.8 Å². The molecule has 0 fully saturated rings. The Balaban J connectivity index is 1.50. The quantitative estimate of drug-likeness (QED) is 0.432. The fraction of sp³-hybridized carbons (Fsp3) is 0.0800. The summed E-state index contributed by atoms with van der Waals surface area (Å²) >= 11 is 0. The van der Waals surface area contributed by atoms with Crippen LogP contribution in [0.4, 0.5) is 8.78 Å². The van der Waals surface area contributed by atoms with E-state index in [0.29, 0.717) is 29.2 Å². The van der Waals surface area contributed by atoms with Gasteiger partial charge in [-0.1, -0.05) is 55.1 Å². The first-order valence-electron chi connectivity index (χ1n) is 9.50. The molecule has 0 amide bonds. The number of fused-ring (bicyclic) bond motifs is 1. The number of carbonyl (C=O) groups excluding carboxylic acids is 1. The first-order valence-corrected chi connectivity index (χ1v) is 9.50. The van der Waals surface area contributed by atoms with E-state index in [-0.39, 0.29) is 17.3 Å². The predicted octanol–water partition coefficient (Wildman–Crippen LogP) is 6.13. The lowest BCUT2D eigenvalue weighted by Crippen LogP contribution is -2.04. The summed E-state index contributed by atoms with van der Waals surface area (Å²) in [6, 6.07) is 18.9. The summed E-state index contributed by atoms with van der Waals surface area (Å²) in [6.45, 7) is 1.11. The molecule has 31 heavy (non-hydrogen) atoms. The molecule has 0 unspecified atom stereocenters. The largest absolute Gasteiger partial charge is 0.489 e. The normalized spacial score (nSPS) is 13.8. The van der Waals surface area contributed by atoms with Gasteiger partial charge in [-0.05, 0) is 35.4 Å². The second-order valence-corrected chi connectivity index (χ2v) is 6.75. The zero-order chi connectivity index (χ0) is 21.8. The van der Waals surface area contributed by atoms with Gasteiger partial charge in [0.2, 0.25) is 5.78 Å². The molecular weight excluding hydrogens is 402 g/mol. The van der Waals surface area contributed by atoms with E-state index in [1.807, 2.05) is 24.3 Å². The molecule has 0 bridgehead atoms. The van der Waals surface area contributed by atoms with Crippen LogP contribution in [0.2, 0.25) is 0 Å². The number of halogens is 2. The molecule has 0 aliphatic carbocycles. The van der Waals surface area contributed by atoms with Crippen LogP contribution >= 0.6 is 0 Å². The van der Waals surface area contributed by atoms with E-state index in [1.54, 1.807) is 42.5 Å². The van der Waals surface area contributed by atoms with E-state index >= 15 is 0 Å². The van der Waals surface area contributed by atoms with Crippen molar-refractivity contribution >= 4 is 17.9 Å². The number of rotatable bonds is 7. The molecule has 6 heteroatoms. The molecule has 4 rings (SSSR count). The molecule has 0 aromatic heterocycles. The van der Waals surface area contributed by atoms with Gasteiger partial charge >= 0.3 is 6.61 Å². The highest BCUT2D eigenvalue weighted by molar-refractivity contribution is 6.14. The molecule has 1 heterocycles. The number of allylic oxidation sites excluding steroid dienone is 1. The fourth-order valence-electron chi connectivity index (χ4n) is 3.12. The van der Waals surface area contributed by atoms with Crippen molar-refractivity contribution in [1.82, 2.24) is 0 Å². The van der Waals surface area contributed by atoms with Gasteiger partial charge in [0.15, 0.2) is 5.76 Å². The molecule has 156 valence electrons. The van der Waals surface area contributed by atoms with Crippen LogP contribution in [0.15, 0.2) is 79.1 Å². The van der Waals surface area contributed by atoms with Crippen LogP contribution in [0.1, 0.15) is 27.0 Å². The predicted molar refractivity (Wildman–Crippen MR) is 113 cm³/mol. The van der Waals surface area contributed by atoms with Crippen LogP contribution in [0.3, 0.4) is 0 Å². The van der Waals surface area contributed by atoms with Gasteiger partial charge in [0.1, 0.15) is 23.9 Å². The summed E-state index contributed by atoms with van der Waals surface area (Å²) in [5.41, 5.74) is 2.70. The molecule has 0 atom stereocenters. The van der Waals surface area contributed by atoms with Gasteiger partial charge in [0, 0.05) is 11.6 Å². The number of benzene rings is 3. The minimum Gasteiger partial charge on any atom is -0.489 e. The molecule has 0 N–H and O–H groups in total. The molecule has 0 spiro atoms. The minimum absolute atomic E-state index is 0.0254. The molecule has 4 nitrogen and oxygen atoms in total. The smallest absolute Gasteiger partial charge is 0.387 e. The standard InChI is InChI=1S/C25H18F2O4/c1-2-16-7-9-17(10-8-16)15-29-19-11-12-20-22(14-19)30-23(24(20)28)13-18-5-3-4-6-21(18)31-25(26)27/h2-14,25H,1,15H2/b23-13-. The summed E-state index contributed by atoms with van der Waals surface area (Å²) in [7, 11) is 0. The van der Waals surface area contributed by atoms with Crippen LogP contribution in [0.5, 0.6) is 17.2 Å². The van der Waals surface area contributed by atoms with Crippen LogP contribution in [0, 0.1) is 0 Å². The minimum atomic E-state index is -2.97. The molecule has 1 aliphatic rings. The Hall–Kier alpha value is -3.93.